The van der Waals surface area contributed by atoms with E-state index in [-0.39, 0.29) is 54.3 Å². The standard InChI is InChI=1S/C18H25N3O5S/c1-12(2)17-15(6-9-26-17)18(23)20-13-4-3-5-14(10-13)27(24,25)21-8-7-19-16(22)11-21/h3-5,10,12,15,17H,6-9,11H2,1-2H3,(H,19,22)(H,20,23)/t15-,17-/m1/s1. The van der Waals surface area contributed by atoms with Gasteiger partial charge in [0, 0.05) is 25.4 Å². The van der Waals surface area contributed by atoms with Crippen molar-refractivity contribution in [2.45, 2.75) is 31.3 Å². The molecular formula is C18H25N3O5S. The summed E-state index contributed by atoms with van der Waals surface area (Å²) in [6, 6.07) is 6.13. The average Bonchev–Trinajstić information content (AvgIpc) is 3.12. The number of sulfonamides is 1. The maximum Gasteiger partial charge on any atom is 0.243 e. The number of hydrogen-bond donors (Lipinski definition) is 2. The first-order valence-electron chi connectivity index (χ1n) is 9.08. The Balaban J connectivity index is 1.75. The van der Waals surface area contributed by atoms with Crippen LogP contribution < -0.4 is 10.6 Å². The zero-order valence-corrected chi connectivity index (χ0v) is 16.3. The Bertz CT molecular complexity index is 824. The molecule has 2 amide bonds. The van der Waals surface area contributed by atoms with Gasteiger partial charge < -0.3 is 15.4 Å². The quantitative estimate of drug-likeness (QED) is 0.768. The molecule has 1 aromatic rings. The van der Waals surface area contributed by atoms with Crippen molar-refractivity contribution in [3.05, 3.63) is 24.3 Å². The summed E-state index contributed by atoms with van der Waals surface area (Å²) in [6.07, 6.45) is 0.513. The van der Waals surface area contributed by atoms with Gasteiger partial charge in [0.15, 0.2) is 0 Å². The molecule has 0 aromatic heterocycles. The van der Waals surface area contributed by atoms with E-state index in [1.807, 2.05) is 13.8 Å². The fraction of sp³-hybridized carbons (Fsp3) is 0.556. The lowest BCUT2D eigenvalue weighted by Gasteiger charge is -2.26. The molecular weight excluding hydrogens is 370 g/mol. The van der Waals surface area contributed by atoms with Crippen LogP contribution in [0.4, 0.5) is 5.69 Å². The zero-order valence-electron chi connectivity index (χ0n) is 15.5. The summed E-state index contributed by atoms with van der Waals surface area (Å²) in [4.78, 5) is 24.2. The maximum atomic E-state index is 12.8. The van der Waals surface area contributed by atoms with Gasteiger partial charge in [-0.05, 0) is 30.5 Å². The van der Waals surface area contributed by atoms with Crippen LogP contribution in [0.25, 0.3) is 0 Å². The van der Waals surface area contributed by atoms with Crippen molar-refractivity contribution < 1.29 is 22.7 Å². The number of amides is 2. The van der Waals surface area contributed by atoms with Gasteiger partial charge in [-0.1, -0.05) is 19.9 Å². The number of nitrogens with zero attached hydrogens (tertiary/aromatic N) is 1. The fourth-order valence-electron chi connectivity index (χ4n) is 3.49. The topological polar surface area (TPSA) is 105 Å². The van der Waals surface area contributed by atoms with Gasteiger partial charge in [-0.15, -0.1) is 0 Å². The molecule has 2 aliphatic rings. The molecule has 27 heavy (non-hydrogen) atoms. The third-order valence-electron chi connectivity index (χ3n) is 4.87. The molecule has 0 saturated carbocycles. The van der Waals surface area contributed by atoms with Crippen LogP contribution in [0.5, 0.6) is 0 Å². The zero-order chi connectivity index (χ0) is 19.6. The van der Waals surface area contributed by atoms with Gasteiger partial charge in [0.1, 0.15) is 0 Å². The molecule has 2 heterocycles. The van der Waals surface area contributed by atoms with Gasteiger partial charge in [-0.3, -0.25) is 9.59 Å². The van der Waals surface area contributed by atoms with Crippen LogP contribution >= 0.6 is 0 Å². The number of ether oxygens (including phenoxy) is 1. The van der Waals surface area contributed by atoms with E-state index in [4.69, 9.17) is 4.74 Å². The second-order valence-electron chi connectivity index (χ2n) is 7.18. The van der Waals surface area contributed by atoms with E-state index in [2.05, 4.69) is 10.6 Å². The number of carbonyl (C=O) groups is 2. The Morgan fingerprint density at radius 1 is 1.37 bits per heavy atom. The number of carbonyl (C=O) groups excluding carboxylic acids is 2. The smallest absolute Gasteiger partial charge is 0.243 e. The highest BCUT2D eigenvalue weighted by Crippen LogP contribution is 2.28. The third kappa shape index (κ3) is 4.31. The minimum atomic E-state index is -3.80. The second kappa shape index (κ2) is 7.95. The number of piperazine rings is 1. The van der Waals surface area contributed by atoms with Crippen LogP contribution in [0.3, 0.4) is 0 Å². The monoisotopic (exact) mass is 395 g/mol. The third-order valence-corrected chi connectivity index (χ3v) is 6.71. The van der Waals surface area contributed by atoms with Crippen molar-refractivity contribution >= 4 is 27.5 Å². The van der Waals surface area contributed by atoms with Crippen LogP contribution in [-0.2, 0) is 24.3 Å². The van der Waals surface area contributed by atoms with Crippen LogP contribution in [-0.4, -0.2) is 56.9 Å². The number of hydrogen-bond acceptors (Lipinski definition) is 5. The molecule has 3 rings (SSSR count). The Morgan fingerprint density at radius 3 is 2.85 bits per heavy atom. The van der Waals surface area contributed by atoms with Gasteiger partial charge >= 0.3 is 0 Å². The van der Waals surface area contributed by atoms with E-state index in [0.717, 1.165) is 4.31 Å². The normalized spacial score (nSPS) is 24.0. The molecule has 1 aromatic carbocycles. The SMILES string of the molecule is CC(C)[C@H]1OCC[C@H]1C(=O)Nc1cccc(S(=O)(=O)N2CCNC(=O)C2)c1. The fourth-order valence-corrected chi connectivity index (χ4v) is 4.93. The number of nitrogens with one attached hydrogen (secondary N) is 2. The van der Waals surface area contributed by atoms with E-state index < -0.39 is 10.0 Å². The molecule has 8 nitrogen and oxygen atoms in total. The van der Waals surface area contributed by atoms with Crippen molar-refractivity contribution in [3.8, 4) is 0 Å². The van der Waals surface area contributed by atoms with Crippen LogP contribution in [0.15, 0.2) is 29.2 Å². The summed E-state index contributed by atoms with van der Waals surface area (Å²) in [6.45, 7) is 4.88. The lowest BCUT2D eigenvalue weighted by Crippen LogP contribution is -2.49. The van der Waals surface area contributed by atoms with E-state index in [1.54, 1.807) is 12.1 Å². The molecule has 2 aliphatic heterocycles. The number of benzene rings is 1. The van der Waals surface area contributed by atoms with Crippen molar-refractivity contribution in [2.75, 3.05) is 31.6 Å². The highest BCUT2D eigenvalue weighted by Gasteiger charge is 2.36. The van der Waals surface area contributed by atoms with Crippen molar-refractivity contribution in [3.63, 3.8) is 0 Å². The predicted octanol–water partition coefficient (Wildman–Crippen LogP) is 0.807. The van der Waals surface area contributed by atoms with Gasteiger partial charge in [0.2, 0.25) is 21.8 Å². The van der Waals surface area contributed by atoms with Crippen LogP contribution in [0, 0.1) is 11.8 Å². The van der Waals surface area contributed by atoms with Crippen molar-refractivity contribution in [1.29, 1.82) is 0 Å². The molecule has 2 atom stereocenters. The Kier molecular flexibility index (Phi) is 5.83. The first kappa shape index (κ1) is 19.8. The summed E-state index contributed by atoms with van der Waals surface area (Å²) in [5.74, 6) is -0.524. The molecule has 0 unspecified atom stereocenters. The molecule has 2 fully saturated rings. The Hall–Kier alpha value is -1.97. The summed E-state index contributed by atoms with van der Waals surface area (Å²) >= 11 is 0. The molecule has 0 bridgehead atoms. The summed E-state index contributed by atoms with van der Waals surface area (Å²) in [5.41, 5.74) is 0.414. The lowest BCUT2D eigenvalue weighted by molar-refractivity contribution is -0.123. The van der Waals surface area contributed by atoms with E-state index in [1.165, 1.54) is 12.1 Å². The molecule has 0 spiro atoms. The highest BCUT2D eigenvalue weighted by molar-refractivity contribution is 7.89. The first-order valence-corrected chi connectivity index (χ1v) is 10.5. The summed E-state index contributed by atoms with van der Waals surface area (Å²) in [7, 11) is -3.80. The van der Waals surface area contributed by atoms with Crippen molar-refractivity contribution in [1.82, 2.24) is 9.62 Å². The molecule has 9 heteroatoms. The molecule has 0 aliphatic carbocycles. The summed E-state index contributed by atoms with van der Waals surface area (Å²) < 4.78 is 32.4. The summed E-state index contributed by atoms with van der Waals surface area (Å²) in [5, 5.41) is 5.42. The number of anilines is 1. The minimum absolute atomic E-state index is 0.0538. The van der Waals surface area contributed by atoms with Crippen LogP contribution in [0.2, 0.25) is 0 Å². The Morgan fingerprint density at radius 2 is 2.15 bits per heavy atom. The molecule has 0 radical (unpaired) electrons. The van der Waals surface area contributed by atoms with E-state index >= 15 is 0 Å². The van der Waals surface area contributed by atoms with Crippen LogP contribution in [0.1, 0.15) is 20.3 Å². The van der Waals surface area contributed by atoms with E-state index in [0.29, 0.717) is 18.7 Å². The van der Waals surface area contributed by atoms with Gasteiger partial charge in [-0.2, -0.15) is 4.31 Å². The molecule has 2 saturated heterocycles. The lowest BCUT2D eigenvalue weighted by atomic mass is 9.92. The second-order valence-corrected chi connectivity index (χ2v) is 9.12. The predicted molar refractivity (Wildman–Crippen MR) is 99.5 cm³/mol. The largest absolute Gasteiger partial charge is 0.377 e. The van der Waals surface area contributed by atoms with Gasteiger partial charge in [-0.25, -0.2) is 8.42 Å². The number of rotatable bonds is 5. The Labute approximate surface area is 159 Å². The van der Waals surface area contributed by atoms with E-state index in [9.17, 15) is 18.0 Å². The first-order chi connectivity index (χ1) is 12.8. The molecule has 2 N–H and O–H groups in total. The molecule has 148 valence electrons. The van der Waals surface area contributed by atoms with Crippen molar-refractivity contribution in [2.24, 2.45) is 11.8 Å². The maximum absolute atomic E-state index is 12.8. The average molecular weight is 395 g/mol. The highest BCUT2D eigenvalue weighted by atomic mass is 32.2. The van der Waals surface area contributed by atoms with Gasteiger partial charge in [0.25, 0.3) is 0 Å². The van der Waals surface area contributed by atoms with Gasteiger partial charge in [0.05, 0.1) is 23.5 Å². The minimum Gasteiger partial charge on any atom is -0.377 e.